The van der Waals surface area contributed by atoms with Crippen LogP contribution in [0.1, 0.15) is 181 Å². The molecule has 0 amide bonds. The number of allylic oxidation sites excluding steroid dienone is 8. The molecule has 0 aromatic carbocycles. The number of phosphoric ester groups is 1. The number of carbonyl (C=O) groups is 2. The number of aliphatic hydroxyl groups is 2. The average Bonchev–Trinajstić information content (AvgIpc) is 3.17. The molecule has 0 aliphatic carbocycles. The molecule has 0 aromatic rings. The SMILES string of the molecule is CCCC/C=C/CCCCCCCCCCCC(=O)O[C@H](COC(=O)CCCCCC/C=C/C/C=C/C/C=C/CCCCC)COP(=O)(O)OC[C@@H](O)CO. The Hall–Kier alpha value is -2.07. The number of unbranched alkanes of at least 4 members (excludes halogenated alkanes) is 18. The summed E-state index contributed by atoms with van der Waals surface area (Å²) < 4.78 is 32.7. The summed E-state index contributed by atoms with van der Waals surface area (Å²) in [6, 6.07) is 0. The van der Waals surface area contributed by atoms with Crippen molar-refractivity contribution in [3.8, 4) is 0 Å². The van der Waals surface area contributed by atoms with Crippen LogP contribution in [0.4, 0.5) is 0 Å². The van der Waals surface area contributed by atoms with Gasteiger partial charge in [-0.2, -0.15) is 0 Å². The number of aliphatic hydroxyl groups excluding tert-OH is 2. The van der Waals surface area contributed by atoms with E-state index in [1.54, 1.807) is 0 Å². The number of rotatable bonds is 40. The largest absolute Gasteiger partial charge is 0.472 e. The minimum Gasteiger partial charge on any atom is -0.462 e. The van der Waals surface area contributed by atoms with Gasteiger partial charge in [-0.3, -0.25) is 18.6 Å². The van der Waals surface area contributed by atoms with Gasteiger partial charge in [-0.05, 0) is 70.6 Å². The normalized spacial score (nSPS) is 14.3. The van der Waals surface area contributed by atoms with Gasteiger partial charge in [0.1, 0.15) is 12.7 Å². The van der Waals surface area contributed by atoms with Crippen molar-refractivity contribution in [2.45, 2.75) is 193 Å². The van der Waals surface area contributed by atoms with Gasteiger partial charge >= 0.3 is 19.8 Å². The standard InChI is InChI=1S/C44H79O10P/c1-3-5-7-9-11-13-15-17-19-20-22-23-25-27-29-31-33-35-43(47)51-39-42(40-53-55(49,50)52-38-41(46)37-45)54-44(48)36-34-32-30-28-26-24-21-18-16-14-12-10-8-6-4-2/h10-13,17,19,22-23,41-42,45-46H,3-9,14-16,18,20-21,24-40H2,1-2H3,(H,49,50)/b12-10+,13-11+,19-17+,23-22+/t41-,42+/m0/s1. The van der Waals surface area contributed by atoms with Crippen molar-refractivity contribution in [3.63, 3.8) is 0 Å². The minimum absolute atomic E-state index is 0.176. The molecule has 0 heterocycles. The maximum absolute atomic E-state index is 12.6. The smallest absolute Gasteiger partial charge is 0.462 e. The van der Waals surface area contributed by atoms with Crippen molar-refractivity contribution < 1.29 is 47.8 Å². The summed E-state index contributed by atoms with van der Waals surface area (Å²) in [7, 11) is -4.62. The quantitative estimate of drug-likeness (QED) is 0.0237. The van der Waals surface area contributed by atoms with Gasteiger partial charge in [-0.25, -0.2) is 4.57 Å². The van der Waals surface area contributed by atoms with Crippen LogP contribution in [0.15, 0.2) is 48.6 Å². The summed E-state index contributed by atoms with van der Waals surface area (Å²) in [6.45, 7) is 2.29. The van der Waals surface area contributed by atoms with E-state index in [-0.39, 0.29) is 19.4 Å². The number of hydrogen-bond acceptors (Lipinski definition) is 9. The third-order valence-electron chi connectivity index (χ3n) is 8.96. The molecule has 11 heteroatoms. The van der Waals surface area contributed by atoms with Crippen molar-refractivity contribution >= 4 is 19.8 Å². The molecule has 10 nitrogen and oxygen atoms in total. The fraction of sp³-hybridized carbons (Fsp3) is 0.773. The van der Waals surface area contributed by atoms with Gasteiger partial charge in [0.2, 0.25) is 0 Å². The Morgan fingerprint density at radius 2 is 0.964 bits per heavy atom. The first kappa shape index (κ1) is 52.9. The van der Waals surface area contributed by atoms with Crippen LogP contribution in [0.25, 0.3) is 0 Å². The molecule has 0 bridgehead atoms. The van der Waals surface area contributed by atoms with E-state index in [9.17, 15) is 24.2 Å². The lowest BCUT2D eigenvalue weighted by atomic mass is 10.1. The molecule has 0 rings (SSSR count). The van der Waals surface area contributed by atoms with Gasteiger partial charge in [0.15, 0.2) is 6.10 Å². The van der Waals surface area contributed by atoms with Crippen LogP contribution in [-0.2, 0) is 32.7 Å². The van der Waals surface area contributed by atoms with E-state index in [0.717, 1.165) is 57.8 Å². The highest BCUT2D eigenvalue weighted by atomic mass is 31.2. The Morgan fingerprint density at radius 3 is 1.49 bits per heavy atom. The molecule has 3 N–H and O–H groups in total. The predicted molar refractivity (Wildman–Crippen MR) is 224 cm³/mol. The zero-order chi connectivity index (χ0) is 40.5. The third-order valence-corrected chi connectivity index (χ3v) is 9.91. The Kier molecular flexibility index (Phi) is 38.6. The first-order valence-electron chi connectivity index (χ1n) is 21.6. The number of hydrogen-bond donors (Lipinski definition) is 3. The summed E-state index contributed by atoms with van der Waals surface area (Å²) in [5, 5.41) is 18.3. The van der Waals surface area contributed by atoms with Gasteiger partial charge in [0.05, 0.1) is 19.8 Å². The molecule has 0 aliphatic rings. The summed E-state index contributed by atoms with van der Waals surface area (Å²) in [4.78, 5) is 35.0. The topological polar surface area (TPSA) is 149 Å². The number of phosphoric acid groups is 1. The average molecular weight is 799 g/mol. The molecule has 0 aromatic heterocycles. The molecule has 1 unspecified atom stereocenters. The van der Waals surface area contributed by atoms with E-state index >= 15 is 0 Å². The van der Waals surface area contributed by atoms with Gasteiger partial charge in [0.25, 0.3) is 0 Å². The maximum Gasteiger partial charge on any atom is 0.472 e. The van der Waals surface area contributed by atoms with E-state index in [1.165, 1.54) is 83.5 Å². The Bertz CT molecular complexity index is 1060. The molecular weight excluding hydrogens is 719 g/mol. The van der Waals surface area contributed by atoms with Crippen LogP contribution < -0.4 is 0 Å². The Balaban J connectivity index is 4.34. The molecule has 3 atom stereocenters. The maximum atomic E-state index is 12.6. The Labute approximate surface area is 334 Å². The van der Waals surface area contributed by atoms with E-state index in [4.69, 9.17) is 19.1 Å². The van der Waals surface area contributed by atoms with Gasteiger partial charge in [-0.15, -0.1) is 0 Å². The number of carbonyl (C=O) groups excluding carboxylic acids is 2. The zero-order valence-corrected chi connectivity index (χ0v) is 35.5. The van der Waals surface area contributed by atoms with E-state index in [1.807, 2.05) is 0 Å². The lowest BCUT2D eigenvalue weighted by Crippen LogP contribution is -2.29. The molecule has 0 radical (unpaired) electrons. The van der Waals surface area contributed by atoms with E-state index in [0.29, 0.717) is 12.8 Å². The number of esters is 2. The van der Waals surface area contributed by atoms with Crippen LogP contribution in [-0.4, -0.2) is 65.7 Å². The van der Waals surface area contributed by atoms with Crippen LogP contribution in [0.2, 0.25) is 0 Å². The summed E-state index contributed by atoms with van der Waals surface area (Å²) in [6.07, 6.45) is 42.1. The molecule has 320 valence electrons. The second kappa shape index (κ2) is 40.1. The summed E-state index contributed by atoms with van der Waals surface area (Å²) >= 11 is 0. The van der Waals surface area contributed by atoms with Gasteiger partial charge in [-0.1, -0.05) is 146 Å². The van der Waals surface area contributed by atoms with Crippen molar-refractivity contribution in [1.29, 1.82) is 0 Å². The highest BCUT2D eigenvalue weighted by Crippen LogP contribution is 2.43. The number of ether oxygens (including phenoxy) is 2. The molecule has 0 saturated heterocycles. The lowest BCUT2D eigenvalue weighted by molar-refractivity contribution is -0.161. The van der Waals surface area contributed by atoms with Gasteiger partial charge < -0.3 is 24.6 Å². The highest BCUT2D eigenvalue weighted by Gasteiger charge is 2.27. The fourth-order valence-electron chi connectivity index (χ4n) is 5.57. The second-order valence-corrected chi connectivity index (χ2v) is 15.8. The molecule has 0 aliphatic heterocycles. The molecule has 0 spiro atoms. The monoisotopic (exact) mass is 799 g/mol. The molecule has 0 saturated carbocycles. The Morgan fingerprint density at radius 1 is 0.545 bits per heavy atom. The van der Waals surface area contributed by atoms with Crippen LogP contribution in [0, 0.1) is 0 Å². The second-order valence-electron chi connectivity index (χ2n) is 14.4. The predicted octanol–water partition coefficient (Wildman–Crippen LogP) is 11.3. The molecule has 0 fully saturated rings. The third kappa shape index (κ3) is 39.9. The van der Waals surface area contributed by atoms with Crippen molar-refractivity contribution in [2.75, 3.05) is 26.4 Å². The minimum atomic E-state index is -4.62. The van der Waals surface area contributed by atoms with E-state index in [2.05, 4.69) is 67.0 Å². The van der Waals surface area contributed by atoms with Crippen molar-refractivity contribution in [1.82, 2.24) is 0 Å². The molecular formula is C44H79O10P. The summed E-state index contributed by atoms with van der Waals surface area (Å²) in [5.74, 6) is -0.953. The van der Waals surface area contributed by atoms with Crippen molar-refractivity contribution in [3.05, 3.63) is 48.6 Å². The van der Waals surface area contributed by atoms with Crippen LogP contribution in [0.3, 0.4) is 0 Å². The van der Waals surface area contributed by atoms with Crippen LogP contribution >= 0.6 is 7.82 Å². The van der Waals surface area contributed by atoms with Crippen molar-refractivity contribution in [2.24, 2.45) is 0 Å². The fourth-order valence-corrected chi connectivity index (χ4v) is 6.36. The van der Waals surface area contributed by atoms with Crippen LogP contribution in [0.5, 0.6) is 0 Å². The lowest BCUT2D eigenvalue weighted by Gasteiger charge is -2.20. The first-order chi connectivity index (χ1) is 26.7. The van der Waals surface area contributed by atoms with E-state index < -0.39 is 51.8 Å². The van der Waals surface area contributed by atoms with Gasteiger partial charge in [0, 0.05) is 12.8 Å². The zero-order valence-electron chi connectivity index (χ0n) is 34.6. The first-order valence-corrected chi connectivity index (χ1v) is 23.1. The highest BCUT2D eigenvalue weighted by molar-refractivity contribution is 7.47. The summed E-state index contributed by atoms with van der Waals surface area (Å²) in [5.41, 5.74) is 0. The molecule has 55 heavy (non-hydrogen) atoms.